The van der Waals surface area contributed by atoms with Gasteiger partial charge in [-0.1, -0.05) is 5.21 Å². The molecule has 2 fully saturated rings. The Morgan fingerprint density at radius 1 is 1.57 bits per heavy atom. The average Bonchev–Trinajstić information content (AvgIpc) is 3.12. The van der Waals surface area contributed by atoms with Crippen molar-refractivity contribution in [2.75, 3.05) is 0 Å². The Morgan fingerprint density at radius 3 is 3.05 bits per heavy atom. The zero-order valence-electron chi connectivity index (χ0n) is 11.9. The zero-order chi connectivity index (χ0) is 14.9. The van der Waals surface area contributed by atoms with E-state index in [0.717, 1.165) is 50.6 Å². The molecule has 1 unspecified atom stereocenters. The van der Waals surface area contributed by atoms with Crippen molar-refractivity contribution in [3.05, 3.63) is 11.9 Å². The Kier molecular flexibility index (Phi) is 3.53. The zero-order valence-corrected chi connectivity index (χ0v) is 11.9. The summed E-state index contributed by atoms with van der Waals surface area (Å²) in [6.07, 6.45) is 7.43. The molecule has 2 aliphatic carbocycles. The molecule has 0 spiro atoms. The predicted molar refractivity (Wildman–Crippen MR) is 73.0 cm³/mol. The minimum atomic E-state index is -0.698. The summed E-state index contributed by atoms with van der Waals surface area (Å²) >= 11 is 0. The number of ether oxygens (including phenoxy) is 1. The molecule has 1 heterocycles. The van der Waals surface area contributed by atoms with Crippen molar-refractivity contribution in [1.82, 2.24) is 15.0 Å². The van der Waals surface area contributed by atoms with E-state index in [0.29, 0.717) is 5.92 Å². The van der Waals surface area contributed by atoms with Crippen molar-refractivity contribution in [2.45, 2.75) is 56.6 Å². The average molecular weight is 289 g/mol. The largest absolute Gasteiger partial charge is 0.446 e. The first-order valence-corrected chi connectivity index (χ1v) is 7.40. The van der Waals surface area contributed by atoms with Crippen LogP contribution in [0.15, 0.2) is 6.20 Å². The minimum Gasteiger partial charge on any atom is -0.446 e. The summed E-state index contributed by atoms with van der Waals surface area (Å²) in [6.45, 7) is 0. The first kappa shape index (κ1) is 13.9. The molecule has 2 aliphatic rings. The van der Waals surface area contributed by atoms with Crippen molar-refractivity contribution in [3.8, 4) is 6.07 Å². The number of aromatic nitrogens is 3. The quantitative estimate of drug-likeness (QED) is 0.903. The molecule has 1 aromatic heterocycles. The van der Waals surface area contributed by atoms with Crippen LogP contribution in [0.2, 0.25) is 0 Å². The Labute approximate surface area is 123 Å². The molecule has 0 saturated heterocycles. The molecule has 0 aliphatic heterocycles. The standard InChI is InChI=1S/C14H19N5O2/c15-9-14(4-5-14)19-8-11(17-18-19)6-10-2-1-3-12(7-10)21-13(16)20/h8,10,12H,1-7H2,(H2,16,20)/t10?,12-/m0/s1. The Balaban J connectivity index is 1.59. The van der Waals surface area contributed by atoms with Gasteiger partial charge in [0.25, 0.3) is 0 Å². The number of primary amides is 1. The number of hydrogen-bond acceptors (Lipinski definition) is 5. The molecular weight excluding hydrogens is 270 g/mol. The lowest BCUT2D eigenvalue weighted by Gasteiger charge is -2.27. The van der Waals surface area contributed by atoms with Crippen LogP contribution in [0.25, 0.3) is 0 Å². The van der Waals surface area contributed by atoms with Crippen LogP contribution in [0.3, 0.4) is 0 Å². The van der Waals surface area contributed by atoms with Crippen molar-refractivity contribution in [2.24, 2.45) is 11.7 Å². The summed E-state index contributed by atoms with van der Waals surface area (Å²) in [5.74, 6) is 0.422. The summed E-state index contributed by atoms with van der Waals surface area (Å²) in [5.41, 5.74) is 5.53. The molecule has 2 atom stereocenters. The molecule has 7 heteroatoms. The molecule has 7 nitrogen and oxygen atoms in total. The lowest BCUT2D eigenvalue weighted by Crippen LogP contribution is -2.28. The van der Waals surface area contributed by atoms with Crippen LogP contribution in [0.1, 0.15) is 44.2 Å². The molecule has 21 heavy (non-hydrogen) atoms. The van der Waals surface area contributed by atoms with Gasteiger partial charge in [-0.25, -0.2) is 9.48 Å². The van der Waals surface area contributed by atoms with E-state index in [-0.39, 0.29) is 6.10 Å². The van der Waals surface area contributed by atoms with Gasteiger partial charge in [0.15, 0.2) is 5.54 Å². The normalized spacial score (nSPS) is 26.8. The fourth-order valence-corrected chi connectivity index (χ4v) is 3.11. The maximum Gasteiger partial charge on any atom is 0.404 e. The topological polar surface area (TPSA) is 107 Å². The molecule has 112 valence electrons. The monoisotopic (exact) mass is 289 g/mol. The second-order valence-electron chi connectivity index (χ2n) is 6.09. The van der Waals surface area contributed by atoms with Crippen molar-refractivity contribution in [3.63, 3.8) is 0 Å². The smallest absolute Gasteiger partial charge is 0.404 e. The van der Waals surface area contributed by atoms with E-state index >= 15 is 0 Å². The third-order valence-electron chi connectivity index (χ3n) is 4.43. The van der Waals surface area contributed by atoms with Crippen LogP contribution in [0, 0.1) is 17.2 Å². The Bertz CT molecular complexity index is 572. The van der Waals surface area contributed by atoms with E-state index in [1.807, 2.05) is 6.20 Å². The lowest BCUT2D eigenvalue weighted by molar-refractivity contribution is 0.0659. The highest BCUT2D eigenvalue weighted by Crippen LogP contribution is 2.42. The van der Waals surface area contributed by atoms with E-state index in [9.17, 15) is 4.79 Å². The van der Waals surface area contributed by atoms with Gasteiger partial charge >= 0.3 is 6.09 Å². The summed E-state index contributed by atoms with van der Waals surface area (Å²) in [7, 11) is 0. The lowest BCUT2D eigenvalue weighted by atomic mass is 9.84. The van der Waals surface area contributed by atoms with Crippen LogP contribution < -0.4 is 5.73 Å². The van der Waals surface area contributed by atoms with E-state index < -0.39 is 11.6 Å². The van der Waals surface area contributed by atoms with Gasteiger partial charge < -0.3 is 10.5 Å². The molecule has 1 amide bonds. The molecule has 0 bridgehead atoms. The highest BCUT2D eigenvalue weighted by atomic mass is 16.6. The van der Waals surface area contributed by atoms with Gasteiger partial charge in [-0.2, -0.15) is 5.26 Å². The molecule has 1 aromatic rings. The number of hydrogen-bond donors (Lipinski definition) is 1. The summed E-state index contributed by atoms with van der Waals surface area (Å²) in [6, 6.07) is 2.30. The molecule has 3 rings (SSSR count). The van der Waals surface area contributed by atoms with Crippen LogP contribution in [-0.2, 0) is 16.7 Å². The van der Waals surface area contributed by atoms with Crippen LogP contribution in [0.4, 0.5) is 4.79 Å². The maximum absolute atomic E-state index is 10.8. The third-order valence-corrected chi connectivity index (χ3v) is 4.43. The number of carbonyl (C=O) groups excluding carboxylic acids is 1. The van der Waals surface area contributed by atoms with Gasteiger partial charge in [-0.15, -0.1) is 5.10 Å². The number of nitrogens with zero attached hydrogens (tertiary/aromatic N) is 4. The highest BCUT2D eigenvalue weighted by molar-refractivity contribution is 5.64. The van der Waals surface area contributed by atoms with Crippen molar-refractivity contribution >= 4 is 6.09 Å². The number of carbonyl (C=O) groups is 1. The second-order valence-corrected chi connectivity index (χ2v) is 6.09. The Hall–Kier alpha value is -2.10. The van der Waals surface area contributed by atoms with Crippen LogP contribution >= 0.6 is 0 Å². The molecule has 2 N–H and O–H groups in total. The second kappa shape index (κ2) is 5.35. The molecular formula is C14H19N5O2. The van der Waals surface area contributed by atoms with Crippen LogP contribution in [0.5, 0.6) is 0 Å². The molecule has 2 saturated carbocycles. The van der Waals surface area contributed by atoms with Crippen molar-refractivity contribution < 1.29 is 9.53 Å². The van der Waals surface area contributed by atoms with E-state index in [4.69, 9.17) is 15.7 Å². The number of nitrogens with two attached hydrogens (primary N) is 1. The number of nitriles is 1. The number of amides is 1. The van der Waals surface area contributed by atoms with Gasteiger partial charge in [0.1, 0.15) is 6.10 Å². The summed E-state index contributed by atoms with van der Waals surface area (Å²) in [5, 5.41) is 17.4. The summed E-state index contributed by atoms with van der Waals surface area (Å²) in [4.78, 5) is 10.8. The first-order valence-electron chi connectivity index (χ1n) is 7.40. The summed E-state index contributed by atoms with van der Waals surface area (Å²) < 4.78 is 6.80. The molecule has 0 radical (unpaired) electrons. The fraction of sp³-hybridized carbons (Fsp3) is 0.714. The minimum absolute atomic E-state index is 0.0785. The van der Waals surface area contributed by atoms with Crippen LogP contribution in [-0.4, -0.2) is 27.2 Å². The third kappa shape index (κ3) is 2.99. The van der Waals surface area contributed by atoms with E-state index in [1.54, 1.807) is 4.68 Å². The van der Waals surface area contributed by atoms with Gasteiger partial charge in [0, 0.05) is 0 Å². The molecule has 0 aromatic carbocycles. The van der Waals surface area contributed by atoms with E-state index in [2.05, 4.69) is 16.4 Å². The first-order chi connectivity index (χ1) is 10.1. The van der Waals surface area contributed by atoms with Crippen molar-refractivity contribution in [1.29, 1.82) is 5.26 Å². The van der Waals surface area contributed by atoms with Gasteiger partial charge in [-0.05, 0) is 50.9 Å². The van der Waals surface area contributed by atoms with E-state index in [1.165, 1.54) is 0 Å². The Morgan fingerprint density at radius 2 is 2.38 bits per heavy atom. The van der Waals surface area contributed by atoms with Gasteiger partial charge in [-0.3, -0.25) is 0 Å². The van der Waals surface area contributed by atoms with Gasteiger partial charge in [0.05, 0.1) is 18.0 Å². The maximum atomic E-state index is 10.8. The predicted octanol–water partition coefficient (Wildman–Crippen LogP) is 1.49. The van der Waals surface area contributed by atoms with Gasteiger partial charge in [0.2, 0.25) is 0 Å². The SMILES string of the molecule is N#CC1(n2cc(CC3CCC[C@H](OC(N)=O)C3)nn2)CC1. The fourth-order valence-electron chi connectivity index (χ4n) is 3.11. The highest BCUT2D eigenvalue weighted by Gasteiger charge is 2.46. The number of rotatable bonds is 4.